The van der Waals surface area contributed by atoms with Crippen LogP contribution in [0, 0.1) is 0 Å². The normalized spacial score (nSPS) is 10.7. The smallest absolute Gasteiger partial charge is 0.356 e. The molecule has 118 valence electrons. The van der Waals surface area contributed by atoms with Crippen molar-refractivity contribution >= 4 is 23.0 Å². The van der Waals surface area contributed by atoms with E-state index in [4.69, 9.17) is 4.74 Å². The van der Waals surface area contributed by atoms with E-state index < -0.39 is 5.97 Å². The number of carboxylic acid groups (broad SMARTS) is 1. The van der Waals surface area contributed by atoms with Crippen molar-refractivity contribution in [3.05, 3.63) is 41.2 Å². The zero-order valence-electron chi connectivity index (χ0n) is 12.6. The maximum Gasteiger partial charge on any atom is 0.356 e. The summed E-state index contributed by atoms with van der Waals surface area (Å²) in [5.74, 6) is 0.0130. The van der Waals surface area contributed by atoms with Gasteiger partial charge >= 0.3 is 5.97 Å². The van der Waals surface area contributed by atoms with Gasteiger partial charge in [-0.05, 0) is 17.7 Å². The van der Waals surface area contributed by atoms with Gasteiger partial charge in [0.1, 0.15) is 16.8 Å². The van der Waals surface area contributed by atoms with Gasteiger partial charge in [0.2, 0.25) is 5.95 Å². The molecule has 0 spiro atoms. The molecule has 8 heteroatoms. The van der Waals surface area contributed by atoms with Crippen LogP contribution < -0.4 is 10.1 Å². The van der Waals surface area contributed by atoms with E-state index in [9.17, 15) is 9.90 Å². The van der Waals surface area contributed by atoms with Crippen LogP contribution in [0.15, 0.2) is 24.3 Å². The van der Waals surface area contributed by atoms with Crippen LogP contribution >= 0.6 is 0 Å². The van der Waals surface area contributed by atoms with E-state index in [1.807, 2.05) is 24.3 Å². The molecule has 2 heterocycles. The number of ether oxygens (including phenoxy) is 1. The molecular weight excluding hydrogens is 298 g/mol. The van der Waals surface area contributed by atoms with Gasteiger partial charge in [0.05, 0.1) is 12.8 Å². The highest BCUT2D eigenvalue weighted by molar-refractivity contribution is 5.99. The molecular formula is C15H15N5O3. The molecule has 3 rings (SSSR count). The molecule has 3 N–H and O–H groups in total. The summed E-state index contributed by atoms with van der Waals surface area (Å²) in [6, 6.07) is 7.58. The van der Waals surface area contributed by atoms with Crippen LogP contribution in [-0.4, -0.2) is 45.4 Å². The predicted molar refractivity (Wildman–Crippen MR) is 84.0 cm³/mol. The van der Waals surface area contributed by atoms with E-state index >= 15 is 0 Å². The van der Waals surface area contributed by atoms with Gasteiger partial charge in [-0.2, -0.15) is 5.10 Å². The zero-order chi connectivity index (χ0) is 16.4. The second-order valence-corrected chi connectivity index (χ2v) is 4.87. The minimum absolute atomic E-state index is 0.0464. The molecule has 0 saturated carbocycles. The molecule has 0 atom stereocenters. The molecule has 3 aromatic rings. The van der Waals surface area contributed by atoms with Crippen LogP contribution in [0.25, 0.3) is 11.0 Å². The fourth-order valence-corrected chi connectivity index (χ4v) is 2.28. The lowest BCUT2D eigenvalue weighted by Crippen LogP contribution is -2.04. The summed E-state index contributed by atoms with van der Waals surface area (Å²) in [5.41, 5.74) is 2.36. The molecule has 2 aromatic heterocycles. The molecule has 0 aliphatic heterocycles. The van der Waals surface area contributed by atoms with E-state index in [1.165, 1.54) is 0 Å². The van der Waals surface area contributed by atoms with Crippen LogP contribution in [0.3, 0.4) is 0 Å². The molecule has 0 aliphatic carbocycles. The van der Waals surface area contributed by atoms with Crippen molar-refractivity contribution in [2.24, 2.45) is 0 Å². The minimum atomic E-state index is -1.11. The van der Waals surface area contributed by atoms with E-state index in [0.29, 0.717) is 29.1 Å². The first-order valence-electron chi connectivity index (χ1n) is 6.91. The van der Waals surface area contributed by atoms with Gasteiger partial charge in [-0.1, -0.05) is 12.1 Å². The van der Waals surface area contributed by atoms with E-state index in [-0.39, 0.29) is 5.69 Å². The van der Waals surface area contributed by atoms with E-state index in [2.05, 4.69) is 25.5 Å². The van der Waals surface area contributed by atoms with Crippen molar-refractivity contribution in [1.82, 2.24) is 20.2 Å². The molecule has 0 unspecified atom stereocenters. The highest BCUT2D eigenvalue weighted by Gasteiger charge is 2.18. The first-order chi connectivity index (χ1) is 11.1. The SMILES string of the molecule is CNc1nc(Cc2ccc(OC)cc2)c2n[nH]c(C(=O)O)c2n1. The average molecular weight is 313 g/mol. The summed E-state index contributed by atoms with van der Waals surface area (Å²) in [4.78, 5) is 19.8. The van der Waals surface area contributed by atoms with Gasteiger partial charge in [-0.15, -0.1) is 0 Å². The Morgan fingerprint density at radius 3 is 2.61 bits per heavy atom. The number of benzene rings is 1. The highest BCUT2D eigenvalue weighted by Crippen LogP contribution is 2.22. The highest BCUT2D eigenvalue weighted by atomic mass is 16.5. The number of hydrogen-bond donors (Lipinski definition) is 3. The third kappa shape index (κ3) is 2.78. The van der Waals surface area contributed by atoms with Crippen molar-refractivity contribution < 1.29 is 14.6 Å². The molecule has 0 aliphatic rings. The first kappa shape index (κ1) is 14.8. The third-order valence-corrected chi connectivity index (χ3v) is 3.44. The summed E-state index contributed by atoms with van der Waals surface area (Å²) in [7, 11) is 3.29. The van der Waals surface area contributed by atoms with Crippen LogP contribution in [0.2, 0.25) is 0 Å². The van der Waals surface area contributed by atoms with Crippen molar-refractivity contribution in [2.45, 2.75) is 6.42 Å². The monoisotopic (exact) mass is 313 g/mol. The summed E-state index contributed by atoms with van der Waals surface area (Å²) in [6.45, 7) is 0. The lowest BCUT2D eigenvalue weighted by Gasteiger charge is -2.06. The average Bonchev–Trinajstić information content (AvgIpc) is 2.99. The fourth-order valence-electron chi connectivity index (χ4n) is 2.28. The number of nitrogens with one attached hydrogen (secondary N) is 2. The molecule has 0 fully saturated rings. The topological polar surface area (TPSA) is 113 Å². The van der Waals surface area contributed by atoms with Gasteiger partial charge in [0, 0.05) is 13.5 Å². The zero-order valence-corrected chi connectivity index (χ0v) is 12.6. The number of aromatic nitrogens is 4. The van der Waals surface area contributed by atoms with Gasteiger partial charge in [0.25, 0.3) is 0 Å². The van der Waals surface area contributed by atoms with Gasteiger partial charge < -0.3 is 15.2 Å². The number of rotatable bonds is 5. The number of nitrogens with zero attached hydrogens (tertiary/aromatic N) is 3. The molecule has 8 nitrogen and oxygen atoms in total. The molecule has 1 aromatic carbocycles. The maximum absolute atomic E-state index is 11.2. The Hall–Kier alpha value is -3.16. The third-order valence-electron chi connectivity index (χ3n) is 3.44. The Bertz CT molecular complexity index is 857. The van der Waals surface area contributed by atoms with Crippen molar-refractivity contribution in [2.75, 3.05) is 19.5 Å². The Balaban J connectivity index is 2.06. The Morgan fingerprint density at radius 1 is 1.26 bits per heavy atom. The first-order valence-corrected chi connectivity index (χ1v) is 6.91. The number of fused-ring (bicyclic) bond motifs is 1. The number of H-pyrrole nitrogens is 1. The second-order valence-electron chi connectivity index (χ2n) is 4.87. The van der Waals surface area contributed by atoms with Gasteiger partial charge in [-0.3, -0.25) is 5.10 Å². The second kappa shape index (κ2) is 5.91. The molecule has 0 radical (unpaired) electrons. The number of hydrogen-bond acceptors (Lipinski definition) is 6. The van der Waals surface area contributed by atoms with Crippen molar-refractivity contribution in [3.63, 3.8) is 0 Å². The van der Waals surface area contributed by atoms with Crippen LogP contribution in [0.4, 0.5) is 5.95 Å². The Kier molecular flexibility index (Phi) is 3.80. The lowest BCUT2D eigenvalue weighted by atomic mass is 10.1. The van der Waals surface area contributed by atoms with Crippen LogP contribution in [0.1, 0.15) is 21.7 Å². The summed E-state index contributed by atoms with van der Waals surface area (Å²) in [5, 5.41) is 18.6. The van der Waals surface area contributed by atoms with Crippen molar-refractivity contribution in [1.29, 1.82) is 0 Å². The number of methoxy groups -OCH3 is 1. The molecule has 0 amide bonds. The summed E-state index contributed by atoms with van der Waals surface area (Å²) in [6.07, 6.45) is 0.502. The van der Waals surface area contributed by atoms with Gasteiger partial charge in [0.15, 0.2) is 5.69 Å². The molecule has 0 bridgehead atoms. The van der Waals surface area contributed by atoms with Gasteiger partial charge in [-0.25, -0.2) is 14.8 Å². The lowest BCUT2D eigenvalue weighted by molar-refractivity contribution is 0.0692. The van der Waals surface area contributed by atoms with E-state index in [0.717, 1.165) is 11.3 Å². The number of aromatic amines is 1. The predicted octanol–water partition coefficient (Wildman–Crippen LogP) is 1.69. The number of anilines is 1. The maximum atomic E-state index is 11.2. The minimum Gasteiger partial charge on any atom is -0.497 e. The molecule has 23 heavy (non-hydrogen) atoms. The van der Waals surface area contributed by atoms with Crippen molar-refractivity contribution in [3.8, 4) is 5.75 Å². The summed E-state index contributed by atoms with van der Waals surface area (Å²) >= 11 is 0. The molecule has 0 saturated heterocycles. The largest absolute Gasteiger partial charge is 0.497 e. The Labute approximate surface area is 131 Å². The summed E-state index contributed by atoms with van der Waals surface area (Å²) < 4.78 is 5.14. The van der Waals surface area contributed by atoms with Crippen LogP contribution in [0.5, 0.6) is 5.75 Å². The standard InChI is InChI=1S/C15H15N5O3/c1-16-15-17-10(7-8-3-5-9(23-2)6-4-8)11-12(18-15)13(14(21)22)20-19-11/h3-6H,7H2,1-2H3,(H,19,20)(H,21,22)(H,16,17,18). The fraction of sp³-hybridized carbons (Fsp3) is 0.200. The number of carbonyl (C=O) groups is 1. The number of carboxylic acids is 1. The quantitative estimate of drug-likeness (QED) is 0.657. The Morgan fingerprint density at radius 2 is 2.00 bits per heavy atom. The van der Waals surface area contributed by atoms with E-state index in [1.54, 1.807) is 14.2 Å². The van der Waals surface area contributed by atoms with Crippen LogP contribution in [-0.2, 0) is 6.42 Å². The number of aromatic carboxylic acids is 1.